The van der Waals surface area contributed by atoms with Gasteiger partial charge in [0, 0.05) is 55.7 Å². The van der Waals surface area contributed by atoms with E-state index in [2.05, 4.69) is 34.3 Å². The Balaban J connectivity index is 0.000000349. The van der Waals surface area contributed by atoms with E-state index < -0.39 is 11.9 Å². The fourth-order valence-corrected chi connectivity index (χ4v) is 4.75. The number of amides is 1. The van der Waals surface area contributed by atoms with Crippen LogP contribution in [-0.2, 0) is 27.3 Å². The average molecular weight is 510 g/mol. The summed E-state index contributed by atoms with van der Waals surface area (Å²) in [5.74, 6) is -2.39. The van der Waals surface area contributed by atoms with Crippen LogP contribution < -0.4 is 0 Å². The SMILES string of the molecule is O=C(CN1CCc2ccccc2C1)N1CCC(c2noc3cc(F)ccc23)CC1.O=C(O)C=CC(=O)O. The minimum Gasteiger partial charge on any atom is -0.478 e. The number of fused-ring (bicyclic) bond motifs is 2. The third kappa shape index (κ3) is 6.79. The van der Waals surface area contributed by atoms with E-state index in [-0.39, 0.29) is 17.6 Å². The summed E-state index contributed by atoms with van der Waals surface area (Å²) in [6.07, 6.45) is 3.83. The molecule has 2 aliphatic heterocycles. The lowest BCUT2D eigenvalue weighted by molar-refractivity contribution is -0.134. The lowest BCUT2D eigenvalue weighted by atomic mass is 9.91. The first kappa shape index (κ1) is 26.0. The van der Waals surface area contributed by atoms with E-state index in [1.165, 1.54) is 23.3 Å². The van der Waals surface area contributed by atoms with E-state index in [4.69, 9.17) is 14.7 Å². The number of hydrogen-bond acceptors (Lipinski definition) is 6. The summed E-state index contributed by atoms with van der Waals surface area (Å²) in [5.41, 5.74) is 4.11. The molecule has 194 valence electrons. The molecule has 1 aromatic heterocycles. The molecular formula is C27H28FN3O6. The number of carbonyl (C=O) groups is 3. The highest BCUT2D eigenvalue weighted by Crippen LogP contribution is 2.33. The van der Waals surface area contributed by atoms with E-state index in [9.17, 15) is 18.8 Å². The predicted molar refractivity (Wildman–Crippen MR) is 132 cm³/mol. The van der Waals surface area contributed by atoms with Crippen LogP contribution in [0.1, 0.15) is 35.6 Å². The second-order valence-electron chi connectivity index (χ2n) is 9.10. The van der Waals surface area contributed by atoms with Gasteiger partial charge in [-0.1, -0.05) is 29.4 Å². The van der Waals surface area contributed by atoms with Crippen molar-refractivity contribution in [1.29, 1.82) is 0 Å². The number of likely N-dealkylation sites (tertiary alicyclic amines) is 1. The number of halogens is 1. The Bertz CT molecular complexity index is 1300. The summed E-state index contributed by atoms with van der Waals surface area (Å²) >= 11 is 0. The maximum absolute atomic E-state index is 13.4. The number of carbonyl (C=O) groups excluding carboxylic acids is 1. The third-order valence-electron chi connectivity index (χ3n) is 6.63. The van der Waals surface area contributed by atoms with Gasteiger partial charge in [-0.25, -0.2) is 14.0 Å². The fraction of sp³-hybridized carbons (Fsp3) is 0.333. The first-order chi connectivity index (χ1) is 17.8. The van der Waals surface area contributed by atoms with Gasteiger partial charge in [0.2, 0.25) is 5.91 Å². The number of carboxylic acids is 2. The number of carboxylic acid groups (broad SMARTS) is 2. The zero-order valence-corrected chi connectivity index (χ0v) is 20.2. The van der Waals surface area contributed by atoms with Gasteiger partial charge in [-0.15, -0.1) is 0 Å². The topological polar surface area (TPSA) is 124 Å². The third-order valence-corrected chi connectivity index (χ3v) is 6.63. The summed E-state index contributed by atoms with van der Waals surface area (Å²) in [6.45, 7) is 3.71. The Hall–Kier alpha value is -4.05. The Morgan fingerprint density at radius 2 is 1.68 bits per heavy atom. The van der Waals surface area contributed by atoms with E-state index in [0.29, 0.717) is 24.3 Å². The number of nitrogens with zero attached hydrogens (tertiary/aromatic N) is 3. The molecule has 0 saturated carbocycles. The quantitative estimate of drug-likeness (QED) is 0.502. The van der Waals surface area contributed by atoms with Gasteiger partial charge in [0.05, 0.1) is 12.2 Å². The molecule has 5 rings (SSSR count). The summed E-state index contributed by atoms with van der Waals surface area (Å²) in [6, 6.07) is 13.0. The van der Waals surface area contributed by atoms with Crippen LogP contribution >= 0.6 is 0 Å². The van der Waals surface area contributed by atoms with Gasteiger partial charge in [0.1, 0.15) is 5.82 Å². The second kappa shape index (κ2) is 11.8. The minimum absolute atomic E-state index is 0.204. The first-order valence-corrected chi connectivity index (χ1v) is 12.1. The van der Waals surface area contributed by atoms with E-state index >= 15 is 0 Å². The van der Waals surface area contributed by atoms with Crippen molar-refractivity contribution >= 4 is 28.8 Å². The number of rotatable bonds is 5. The maximum atomic E-state index is 13.4. The molecule has 1 saturated heterocycles. The van der Waals surface area contributed by atoms with Crippen molar-refractivity contribution < 1.29 is 33.5 Å². The van der Waals surface area contributed by atoms with Gasteiger partial charge in [0.15, 0.2) is 5.58 Å². The Morgan fingerprint density at radius 1 is 1.00 bits per heavy atom. The fourth-order valence-electron chi connectivity index (χ4n) is 4.75. The number of aromatic nitrogens is 1. The molecule has 3 aromatic rings. The monoisotopic (exact) mass is 509 g/mol. The Labute approximate surface area is 212 Å². The predicted octanol–water partition coefficient (Wildman–Crippen LogP) is 3.44. The molecule has 9 nitrogen and oxygen atoms in total. The van der Waals surface area contributed by atoms with Gasteiger partial charge >= 0.3 is 11.9 Å². The molecule has 2 aromatic carbocycles. The summed E-state index contributed by atoms with van der Waals surface area (Å²) in [4.78, 5) is 36.2. The van der Waals surface area contributed by atoms with Crippen molar-refractivity contribution in [3.05, 3.63) is 77.3 Å². The van der Waals surface area contributed by atoms with Crippen molar-refractivity contribution in [2.24, 2.45) is 0 Å². The number of piperidine rings is 1. The molecule has 37 heavy (non-hydrogen) atoms. The molecular weight excluding hydrogens is 481 g/mol. The number of benzene rings is 2. The molecule has 1 fully saturated rings. The van der Waals surface area contributed by atoms with Crippen LogP contribution in [0, 0.1) is 5.82 Å². The highest BCUT2D eigenvalue weighted by Gasteiger charge is 2.28. The molecule has 0 unspecified atom stereocenters. The van der Waals surface area contributed by atoms with Crippen LogP contribution in [0.2, 0.25) is 0 Å². The first-order valence-electron chi connectivity index (χ1n) is 12.1. The van der Waals surface area contributed by atoms with Crippen molar-refractivity contribution in [2.75, 3.05) is 26.2 Å². The van der Waals surface area contributed by atoms with Crippen molar-refractivity contribution in [3.8, 4) is 0 Å². The Morgan fingerprint density at radius 3 is 2.35 bits per heavy atom. The molecule has 0 radical (unpaired) electrons. The summed E-state index contributed by atoms with van der Waals surface area (Å²) in [5, 5.41) is 20.7. The van der Waals surface area contributed by atoms with Crippen molar-refractivity contribution in [1.82, 2.24) is 15.0 Å². The highest BCUT2D eigenvalue weighted by atomic mass is 19.1. The summed E-state index contributed by atoms with van der Waals surface area (Å²) < 4.78 is 18.7. The van der Waals surface area contributed by atoms with Crippen molar-refractivity contribution in [2.45, 2.75) is 31.7 Å². The van der Waals surface area contributed by atoms with Crippen molar-refractivity contribution in [3.63, 3.8) is 0 Å². The lowest BCUT2D eigenvalue weighted by Gasteiger charge is -2.34. The molecule has 3 heterocycles. The van der Waals surface area contributed by atoms with Gasteiger partial charge in [-0.05, 0) is 42.5 Å². The number of hydrogen-bond donors (Lipinski definition) is 2. The summed E-state index contributed by atoms with van der Waals surface area (Å²) in [7, 11) is 0. The van der Waals surface area contributed by atoms with Gasteiger partial charge in [0.25, 0.3) is 0 Å². The molecule has 2 aliphatic rings. The van der Waals surface area contributed by atoms with Gasteiger partial charge in [-0.3, -0.25) is 9.69 Å². The molecule has 0 spiro atoms. The van der Waals surface area contributed by atoms with Gasteiger partial charge in [-0.2, -0.15) is 0 Å². The van der Waals surface area contributed by atoms with E-state index in [1.807, 2.05) is 4.90 Å². The zero-order chi connectivity index (χ0) is 26.4. The van der Waals surface area contributed by atoms with Crippen LogP contribution in [0.5, 0.6) is 0 Å². The maximum Gasteiger partial charge on any atom is 0.328 e. The Kier molecular flexibility index (Phi) is 8.29. The zero-order valence-electron chi connectivity index (χ0n) is 20.2. The lowest BCUT2D eigenvalue weighted by Crippen LogP contribution is -2.45. The van der Waals surface area contributed by atoms with Gasteiger partial charge < -0.3 is 19.6 Å². The molecule has 0 aliphatic carbocycles. The van der Waals surface area contributed by atoms with Crippen LogP contribution in [0.15, 0.2) is 59.1 Å². The highest BCUT2D eigenvalue weighted by molar-refractivity contribution is 5.89. The van der Waals surface area contributed by atoms with Crippen LogP contribution in [0.3, 0.4) is 0 Å². The normalized spacial score (nSPS) is 16.3. The second-order valence-corrected chi connectivity index (χ2v) is 9.10. The molecule has 0 bridgehead atoms. The molecule has 10 heteroatoms. The minimum atomic E-state index is -1.26. The van der Waals surface area contributed by atoms with E-state index in [1.54, 1.807) is 6.07 Å². The standard InChI is InChI=1S/C23H24FN3O2.C4H4O4/c24-19-5-6-20-21(13-19)29-25-23(20)17-8-11-27(12-9-17)22(28)15-26-10-7-16-3-1-2-4-18(16)14-26;5-3(6)1-2-4(7)8/h1-6,13,17H,7-12,14-15H2;1-2H,(H,5,6)(H,7,8). The largest absolute Gasteiger partial charge is 0.478 e. The van der Waals surface area contributed by atoms with Crippen LogP contribution in [-0.4, -0.2) is 69.2 Å². The van der Waals surface area contributed by atoms with E-state index in [0.717, 1.165) is 56.5 Å². The average Bonchev–Trinajstić information content (AvgIpc) is 3.31. The van der Waals surface area contributed by atoms with Crippen LogP contribution in [0.4, 0.5) is 4.39 Å². The molecule has 2 N–H and O–H groups in total. The molecule has 0 atom stereocenters. The number of aliphatic carboxylic acids is 2. The molecule has 1 amide bonds. The van der Waals surface area contributed by atoms with Crippen LogP contribution in [0.25, 0.3) is 11.0 Å². The smallest absolute Gasteiger partial charge is 0.328 e.